The third-order valence-electron chi connectivity index (χ3n) is 13.0. The van der Waals surface area contributed by atoms with Crippen molar-refractivity contribution in [2.75, 3.05) is 13.2 Å². The highest BCUT2D eigenvalue weighted by atomic mass is 16.6. The van der Waals surface area contributed by atoms with Gasteiger partial charge in [0, 0.05) is 19.3 Å². The molecule has 6 heteroatoms. The molecule has 1 atom stereocenters. The van der Waals surface area contributed by atoms with Crippen LogP contribution in [0, 0.1) is 0 Å². The SMILES string of the molecule is CCCCC/C=C/C/C=C/CCCCCCCCCC(=O)OC[C@@H](COC(=O)CCCCCCCCC/C=C/CCCCCCCC)OC(=O)CCCCCCCCC/C=C/C/C=C/CCCCC. The van der Waals surface area contributed by atoms with E-state index in [0.717, 1.165) is 83.5 Å². The highest BCUT2D eigenvalue weighted by Gasteiger charge is 2.19. The first-order valence-electron chi connectivity index (χ1n) is 29.8. The summed E-state index contributed by atoms with van der Waals surface area (Å²) in [6.45, 7) is 6.60. The van der Waals surface area contributed by atoms with Crippen LogP contribution in [-0.4, -0.2) is 37.2 Å². The number of unbranched alkanes of at least 4 members (excludes halogenated alkanes) is 33. The molecule has 0 aromatic heterocycles. The monoisotopic (exact) mass is 965 g/mol. The molecule has 69 heavy (non-hydrogen) atoms. The highest BCUT2D eigenvalue weighted by molar-refractivity contribution is 5.71. The first-order chi connectivity index (χ1) is 34.0. The summed E-state index contributed by atoms with van der Waals surface area (Å²) >= 11 is 0. The summed E-state index contributed by atoms with van der Waals surface area (Å²) in [7, 11) is 0. The average molecular weight is 966 g/mol. The van der Waals surface area contributed by atoms with Crippen molar-refractivity contribution in [3.05, 3.63) is 60.8 Å². The maximum Gasteiger partial charge on any atom is 0.306 e. The molecule has 0 saturated carbocycles. The van der Waals surface area contributed by atoms with Crippen LogP contribution in [0.15, 0.2) is 60.8 Å². The van der Waals surface area contributed by atoms with Gasteiger partial charge in [0.05, 0.1) is 0 Å². The fourth-order valence-corrected chi connectivity index (χ4v) is 8.44. The largest absolute Gasteiger partial charge is 0.462 e. The molecule has 0 bridgehead atoms. The predicted molar refractivity (Wildman–Crippen MR) is 298 cm³/mol. The number of carbonyl (C=O) groups is 3. The summed E-state index contributed by atoms with van der Waals surface area (Å²) in [6.07, 6.45) is 72.0. The Morgan fingerprint density at radius 3 is 0.841 bits per heavy atom. The Morgan fingerprint density at radius 2 is 0.522 bits per heavy atom. The molecule has 0 aliphatic carbocycles. The van der Waals surface area contributed by atoms with Crippen LogP contribution in [0.2, 0.25) is 0 Å². The van der Waals surface area contributed by atoms with E-state index < -0.39 is 6.10 Å². The topological polar surface area (TPSA) is 78.9 Å². The molecular formula is C63H112O6. The lowest BCUT2D eigenvalue weighted by Gasteiger charge is -2.18. The molecule has 0 saturated heterocycles. The predicted octanol–water partition coefficient (Wildman–Crippen LogP) is 20.0. The van der Waals surface area contributed by atoms with Gasteiger partial charge in [0.2, 0.25) is 0 Å². The number of hydrogen-bond donors (Lipinski definition) is 0. The van der Waals surface area contributed by atoms with E-state index in [1.54, 1.807) is 0 Å². The molecule has 6 nitrogen and oxygen atoms in total. The summed E-state index contributed by atoms with van der Waals surface area (Å²) < 4.78 is 16.9. The van der Waals surface area contributed by atoms with Gasteiger partial charge in [-0.15, -0.1) is 0 Å². The molecule has 0 N–H and O–H groups in total. The Kier molecular flexibility index (Phi) is 55.3. The molecule has 0 unspecified atom stereocenters. The van der Waals surface area contributed by atoms with Gasteiger partial charge in [0.15, 0.2) is 6.10 Å². The second-order valence-corrected chi connectivity index (χ2v) is 19.9. The molecule has 0 aromatic rings. The molecule has 0 spiro atoms. The van der Waals surface area contributed by atoms with Crippen LogP contribution in [0.5, 0.6) is 0 Å². The highest BCUT2D eigenvalue weighted by Crippen LogP contribution is 2.15. The van der Waals surface area contributed by atoms with E-state index in [1.165, 1.54) is 180 Å². The van der Waals surface area contributed by atoms with E-state index in [2.05, 4.69) is 81.5 Å². The van der Waals surface area contributed by atoms with Crippen molar-refractivity contribution in [2.45, 2.75) is 309 Å². The van der Waals surface area contributed by atoms with Crippen molar-refractivity contribution < 1.29 is 28.6 Å². The molecular weight excluding hydrogens is 853 g/mol. The maximum atomic E-state index is 12.9. The summed E-state index contributed by atoms with van der Waals surface area (Å²) in [5, 5.41) is 0. The van der Waals surface area contributed by atoms with E-state index >= 15 is 0 Å². The number of hydrogen-bond acceptors (Lipinski definition) is 6. The molecule has 0 aliphatic heterocycles. The van der Waals surface area contributed by atoms with E-state index in [-0.39, 0.29) is 31.1 Å². The van der Waals surface area contributed by atoms with E-state index in [4.69, 9.17) is 14.2 Å². The van der Waals surface area contributed by atoms with Crippen LogP contribution in [0.4, 0.5) is 0 Å². The van der Waals surface area contributed by atoms with Crippen LogP contribution in [0.25, 0.3) is 0 Å². The molecule has 0 rings (SSSR count). The van der Waals surface area contributed by atoms with Crippen molar-refractivity contribution >= 4 is 17.9 Å². The molecule has 400 valence electrons. The Hall–Kier alpha value is -2.89. The second-order valence-electron chi connectivity index (χ2n) is 19.9. The molecule has 0 aromatic carbocycles. The van der Waals surface area contributed by atoms with E-state index in [0.29, 0.717) is 19.3 Å². The lowest BCUT2D eigenvalue weighted by Crippen LogP contribution is -2.30. The molecule has 0 amide bonds. The van der Waals surface area contributed by atoms with Gasteiger partial charge in [0.1, 0.15) is 13.2 Å². The molecule has 0 radical (unpaired) electrons. The van der Waals surface area contributed by atoms with Crippen LogP contribution >= 0.6 is 0 Å². The lowest BCUT2D eigenvalue weighted by atomic mass is 10.1. The van der Waals surface area contributed by atoms with Gasteiger partial charge in [-0.05, 0) is 109 Å². The quantitative estimate of drug-likeness (QED) is 0.0262. The Balaban J connectivity index is 4.40. The average Bonchev–Trinajstić information content (AvgIpc) is 3.35. The number of carbonyl (C=O) groups excluding carboxylic acids is 3. The third-order valence-corrected chi connectivity index (χ3v) is 13.0. The standard InChI is InChI=1S/C63H112O6/c1-4-7-10-13-16-19-22-25-28-31-34-37-40-43-46-49-52-55-61(64)67-58-60(69-63(66)57-54-51-48-45-42-39-36-33-30-27-24-21-18-15-12-9-6-3)59-68-62(65)56-53-50-47-44-41-38-35-32-29-26-23-20-17-14-11-8-5-2/h16,18-19,21,25-30,60H,4-15,17,20,22-24,31-59H2,1-3H3/b19-16+,21-18+,28-25+,29-26+,30-27+/t60-/m0/s1. The maximum absolute atomic E-state index is 12.9. The number of allylic oxidation sites excluding steroid dienone is 10. The van der Waals surface area contributed by atoms with Crippen LogP contribution < -0.4 is 0 Å². The van der Waals surface area contributed by atoms with Gasteiger partial charge in [0.25, 0.3) is 0 Å². The summed E-state index contributed by atoms with van der Waals surface area (Å²) in [5.41, 5.74) is 0. The minimum Gasteiger partial charge on any atom is -0.462 e. The zero-order valence-electron chi connectivity index (χ0n) is 45.8. The zero-order chi connectivity index (χ0) is 50.0. The van der Waals surface area contributed by atoms with Gasteiger partial charge in [-0.3, -0.25) is 14.4 Å². The molecule has 0 aliphatic rings. The Bertz CT molecular complexity index is 1250. The summed E-state index contributed by atoms with van der Waals surface area (Å²) in [4.78, 5) is 38.2. The van der Waals surface area contributed by atoms with Crippen LogP contribution in [0.3, 0.4) is 0 Å². The van der Waals surface area contributed by atoms with Gasteiger partial charge in [-0.25, -0.2) is 0 Å². The fraction of sp³-hybridized carbons (Fsp3) is 0.794. The number of ether oxygens (including phenoxy) is 3. The zero-order valence-corrected chi connectivity index (χ0v) is 45.8. The Morgan fingerprint density at radius 1 is 0.290 bits per heavy atom. The Labute approximate surface area is 428 Å². The van der Waals surface area contributed by atoms with Gasteiger partial charge in [-0.2, -0.15) is 0 Å². The van der Waals surface area contributed by atoms with Crippen molar-refractivity contribution in [3.63, 3.8) is 0 Å². The van der Waals surface area contributed by atoms with Crippen molar-refractivity contribution in [1.29, 1.82) is 0 Å². The van der Waals surface area contributed by atoms with Crippen LogP contribution in [0.1, 0.15) is 303 Å². The summed E-state index contributed by atoms with van der Waals surface area (Å²) in [6, 6.07) is 0. The van der Waals surface area contributed by atoms with Gasteiger partial charge < -0.3 is 14.2 Å². The van der Waals surface area contributed by atoms with Gasteiger partial charge in [-0.1, -0.05) is 236 Å². The number of rotatable bonds is 54. The first kappa shape index (κ1) is 66.1. The van der Waals surface area contributed by atoms with Crippen molar-refractivity contribution in [3.8, 4) is 0 Å². The smallest absolute Gasteiger partial charge is 0.306 e. The molecule has 0 heterocycles. The van der Waals surface area contributed by atoms with Crippen molar-refractivity contribution in [2.24, 2.45) is 0 Å². The van der Waals surface area contributed by atoms with E-state index in [9.17, 15) is 14.4 Å². The number of esters is 3. The summed E-state index contributed by atoms with van der Waals surface area (Å²) in [5.74, 6) is -0.889. The molecule has 0 fully saturated rings. The van der Waals surface area contributed by atoms with E-state index in [1.807, 2.05) is 0 Å². The van der Waals surface area contributed by atoms with Crippen molar-refractivity contribution in [1.82, 2.24) is 0 Å². The van der Waals surface area contributed by atoms with Crippen LogP contribution in [-0.2, 0) is 28.6 Å². The first-order valence-corrected chi connectivity index (χ1v) is 29.8. The second kappa shape index (κ2) is 57.7. The minimum absolute atomic E-state index is 0.0812. The lowest BCUT2D eigenvalue weighted by molar-refractivity contribution is -0.167. The third kappa shape index (κ3) is 55.9. The normalized spacial score (nSPS) is 12.4. The fourth-order valence-electron chi connectivity index (χ4n) is 8.44. The van der Waals surface area contributed by atoms with Gasteiger partial charge >= 0.3 is 17.9 Å². The minimum atomic E-state index is -0.784.